The summed E-state index contributed by atoms with van der Waals surface area (Å²) in [6.07, 6.45) is 3.46. The van der Waals surface area contributed by atoms with Crippen molar-refractivity contribution < 1.29 is 4.79 Å². The maximum Gasteiger partial charge on any atom is 0.225 e. The molecule has 66 valence electrons. The van der Waals surface area contributed by atoms with Crippen molar-refractivity contribution >= 4 is 16.8 Å². The van der Waals surface area contributed by atoms with Crippen molar-refractivity contribution in [1.29, 1.82) is 0 Å². The van der Waals surface area contributed by atoms with Gasteiger partial charge in [-0.25, -0.2) is 0 Å². The maximum atomic E-state index is 11.1. The smallest absolute Gasteiger partial charge is 0.225 e. The Morgan fingerprint density at radius 3 is 2.75 bits per heavy atom. The summed E-state index contributed by atoms with van der Waals surface area (Å²) in [5.41, 5.74) is 1.37. The highest BCUT2D eigenvalue weighted by Crippen LogP contribution is 2.51. The molecule has 0 heterocycles. The van der Waals surface area contributed by atoms with Gasteiger partial charge in [0.05, 0.1) is 0 Å². The molecule has 0 amide bonds. The van der Waals surface area contributed by atoms with Gasteiger partial charge in [-0.3, -0.25) is 4.79 Å². The normalized spacial score (nSPS) is 44.8. The molecule has 2 bridgehead atoms. The third-order valence-corrected chi connectivity index (χ3v) is 3.78. The maximum absolute atomic E-state index is 11.1. The Morgan fingerprint density at radius 1 is 1.67 bits per heavy atom. The quantitative estimate of drug-likeness (QED) is 0.452. The van der Waals surface area contributed by atoms with E-state index in [0.717, 1.165) is 6.42 Å². The molecule has 2 aliphatic carbocycles. The first-order valence-corrected chi connectivity index (χ1v) is 4.86. The van der Waals surface area contributed by atoms with E-state index in [4.69, 9.17) is 11.6 Å². The predicted octanol–water partition coefficient (Wildman–Crippen LogP) is 2.60. The minimum absolute atomic E-state index is 0.0988. The summed E-state index contributed by atoms with van der Waals surface area (Å²) in [6, 6.07) is 0. The number of hydrogen-bond acceptors (Lipinski definition) is 1. The van der Waals surface area contributed by atoms with Gasteiger partial charge in [-0.2, -0.15) is 0 Å². The number of carbonyl (C=O) groups is 1. The lowest BCUT2D eigenvalue weighted by Crippen LogP contribution is -2.24. The third-order valence-electron chi connectivity index (χ3n) is 3.53. The van der Waals surface area contributed by atoms with Gasteiger partial charge in [0.2, 0.25) is 5.24 Å². The van der Waals surface area contributed by atoms with Gasteiger partial charge in [0.1, 0.15) is 0 Å². The predicted molar refractivity (Wildman–Crippen MR) is 48.9 cm³/mol. The number of fused-ring (bicyclic) bond motifs is 2. The summed E-state index contributed by atoms with van der Waals surface area (Å²) < 4.78 is 0. The number of halogens is 1. The molecule has 0 aliphatic heterocycles. The molecule has 4 atom stereocenters. The molecule has 2 aliphatic rings. The van der Waals surface area contributed by atoms with Crippen LogP contribution in [0.15, 0.2) is 11.6 Å². The lowest BCUT2D eigenvalue weighted by Gasteiger charge is -2.23. The summed E-state index contributed by atoms with van der Waals surface area (Å²) in [7, 11) is 0. The SMILES string of the molecule is CC1=C[C@@H]2C[C@H]1[C@@H](C(=O)Cl)[C@@H]2C. The fourth-order valence-electron chi connectivity index (χ4n) is 2.80. The Hall–Kier alpha value is -0.300. The van der Waals surface area contributed by atoms with E-state index in [-0.39, 0.29) is 11.2 Å². The van der Waals surface area contributed by atoms with Crippen LogP contribution in [0.4, 0.5) is 0 Å². The zero-order chi connectivity index (χ0) is 8.88. The average Bonchev–Trinajstić information content (AvgIpc) is 2.44. The van der Waals surface area contributed by atoms with Crippen LogP contribution in [0.1, 0.15) is 20.3 Å². The second kappa shape index (κ2) is 2.59. The highest BCUT2D eigenvalue weighted by molar-refractivity contribution is 6.64. The molecule has 0 aromatic carbocycles. The van der Waals surface area contributed by atoms with Crippen LogP contribution in [0, 0.1) is 23.7 Å². The topological polar surface area (TPSA) is 17.1 Å². The molecule has 2 rings (SSSR count). The van der Waals surface area contributed by atoms with E-state index in [1.54, 1.807) is 0 Å². The van der Waals surface area contributed by atoms with Crippen LogP contribution < -0.4 is 0 Å². The summed E-state index contributed by atoms with van der Waals surface area (Å²) in [4.78, 5) is 11.1. The standard InChI is InChI=1S/C10H13ClO/c1-5-3-7-4-8(5)9(6(7)2)10(11)12/h3,6-9H,4H2,1-2H3/t6-,7-,8-,9+/m1/s1. The first-order chi connectivity index (χ1) is 5.61. The van der Waals surface area contributed by atoms with Crippen LogP contribution in [-0.4, -0.2) is 5.24 Å². The minimum Gasteiger partial charge on any atom is -0.281 e. The van der Waals surface area contributed by atoms with E-state index >= 15 is 0 Å². The van der Waals surface area contributed by atoms with Crippen LogP contribution in [0.3, 0.4) is 0 Å². The van der Waals surface area contributed by atoms with Crippen molar-refractivity contribution in [2.45, 2.75) is 20.3 Å². The zero-order valence-corrected chi connectivity index (χ0v) is 8.14. The first-order valence-electron chi connectivity index (χ1n) is 4.49. The van der Waals surface area contributed by atoms with Crippen molar-refractivity contribution in [1.82, 2.24) is 0 Å². The average molecular weight is 185 g/mol. The number of carbonyl (C=O) groups excluding carboxylic acids is 1. The fraction of sp³-hybridized carbons (Fsp3) is 0.700. The Morgan fingerprint density at radius 2 is 2.33 bits per heavy atom. The Kier molecular flexibility index (Phi) is 1.80. The van der Waals surface area contributed by atoms with Gasteiger partial charge >= 0.3 is 0 Å². The second-order valence-corrected chi connectivity index (χ2v) is 4.48. The summed E-state index contributed by atoms with van der Waals surface area (Å²) in [6.45, 7) is 4.25. The van der Waals surface area contributed by atoms with Gasteiger partial charge in [-0.15, -0.1) is 0 Å². The summed E-state index contributed by atoms with van der Waals surface area (Å²) in [5.74, 6) is 1.63. The van der Waals surface area contributed by atoms with Gasteiger partial charge in [-0.1, -0.05) is 18.6 Å². The molecular weight excluding hydrogens is 172 g/mol. The number of rotatable bonds is 1. The van der Waals surface area contributed by atoms with Crippen molar-refractivity contribution in [3.8, 4) is 0 Å². The summed E-state index contributed by atoms with van der Waals surface area (Å²) in [5, 5.41) is -0.137. The molecule has 1 saturated carbocycles. The van der Waals surface area contributed by atoms with E-state index in [1.165, 1.54) is 5.57 Å². The Labute approximate surface area is 77.8 Å². The monoisotopic (exact) mass is 184 g/mol. The van der Waals surface area contributed by atoms with Crippen LogP contribution in [0.5, 0.6) is 0 Å². The van der Waals surface area contributed by atoms with Gasteiger partial charge < -0.3 is 0 Å². The Bertz CT molecular complexity index is 257. The van der Waals surface area contributed by atoms with Crippen LogP contribution in [0.25, 0.3) is 0 Å². The number of allylic oxidation sites excluding steroid dienone is 2. The fourth-order valence-corrected chi connectivity index (χ4v) is 3.15. The van der Waals surface area contributed by atoms with E-state index in [9.17, 15) is 4.79 Å². The molecule has 0 aromatic heterocycles. The van der Waals surface area contributed by atoms with E-state index in [0.29, 0.717) is 17.8 Å². The molecule has 12 heavy (non-hydrogen) atoms. The number of hydrogen-bond donors (Lipinski definition) is 0. The van der Waals surface area contributed by atoms with Crippen molar-refractivity contribution in [2.75, 3.05) is 0 Å². The molecule has 0 spiro atoms. The molecule has 0 unspecified atom stereocenters. The van der Waals surface area contributed by atoms with E-state index in [2.05, 4.69) is 19.9 Å². The molecular formula is C10H13ClO. The molecule has 0 aromatic rings. The van der Waals surface area contributed by atoms with E-state index < -0.39 is 0 Å². The third kappa shape index (κ3) is 0.957. The second-order valence-electron chi connectivity index (χ2n) is 4.11. The molecule has 1 fully saturated rings. The molecule has 2 heteroatoms. The highest BCUT2D eigenvalue weighted by Gasteiger charge is 2.47. The molecule has 0 N–H and O–H groups in total. The van der Waals surface area contributed by atoms with Crippen LogP contribution >= 0.6 is 11.6 Å². The van der Waals surface area contributed by atoms with Gasteiger partial charge in [-0.05, 0) is 42.7 Å². The summed E-state index contributed by atoms with van der Waals surface area (Å²) >= 11 is 5.57. The molecule has 0 radical (unpaired) electrons. The van der Waals surface area contributed by atoms with Crippen molar-refractivity contribution in [3.63, 3.8) is 0 Å². The van der Waals surface area contributed by atoms with Gasteiger partial charge in [0, 0.05) is 5.92 Å². The molecule has 1 nitrogen and oxygen atoms in total. The first kappa shape index (κ1) is 8.31. The highest BCUT2D eigenvalue weighted by atomic mass is 35.5. The van der Waals surface area contributed by atoms with Gasteiger partial charge in [0.15, 0.2) is 0 Å². The van der Waals surface area contributed by atoms with Crippen LogP contribution in [0.2, 0.25) is 0 Å². The largest absolute Gasteiger partial charge is 0.281 e. The lowest BCUT2D eigenvalue weighted by atomic mass is 9.82. The van der Waals surface area contributed by atoms with E-state index in [1.807, 2.05) is 0 Å². The van der Waals surface area contributed by atoms with Gasteiger partial charge in [0.25, 0.3) is 0 Å². The molecule has 0 saturated heterocycles. The Balaban J connectivity index is 2.29. The minimum atomic E-state index is -0.137. The van der Waals surface area contributed by atoms with Crippen LogP contribution in [-0.2, 0) is 4.79 Å². The lowest BCUT2D eigenvalue weighted by molar-refractivity contribution is -0.117. The van der Waals surface area contributed by atoms with Crippen molar-refractivity contribution in [3.05, 3.63) is 11.6 Å². The van der Waals surface area contributed by atoms with Crippen molar-refractivity contribution in [2.24, 2.45) is 23.7 Å². The zero-order valence-electron chi connectivity index (χ0n) is 7.38.